The molecule has 0 spiro atoms. The molecule has 1 aromatic rings. The van der Waals surface area contributed by atoms with Crippen LogP contribution < -0.4 is 23.8 Å². The second kappa shape index (κ2) is 15.7. The predicted molar refractivity (Wildman–Crippen MR) is 24.7 cm³/mol. The van der Waals surface area contributed by atoms with E-state index >= 15 is 0 Å². The van der Waals surface area contributed by atoms with E-state index in [4.69, 9.17) is 11.8 Å². The van der Waals surface area contributed by atoms with Crippen LogP contribution in [0.3, 0.4) is 0 Å². The summed E-state index contributed by atoms with van der Waals surface area (Å²) in [6, 6.07) is 3.78. The first-order chi connectivity index (χ1) is 3.50. The standard InChI is InChI=1S/C4H4N.CN.Cu.Li/c1-2-4-5-3-1;1-2;;/h1-4H;;;/q2*-1;2*+1. The maximum absolute atomic E-state index is 6.25. The molecule has 9 heavy (non-hydrogen) atoms. The van der Waals surface area contributed by atoms with Crippen molar-refractivity contribution in [2.45, 2.75) is 0 Å². The van der Waals surface area contributed by atoms with Crippen LogP contribution in [-0.2, 0) is 17.1 Å². The second-order valence-corrected chi connectivity index (χ2v) is 0.832. The van der Waals surface area contributed by atoms with Crippen LogP contribution in [0.1, 0.15) is 0 Å². The van der Waals surface area contributed by atoms with Crippen molar-refractivity contribution >= 4 is 0 Å². The van der Waals surface area contributed by atoms with E-state index in [1.165, 1.54) is 0 Å². The minimum Gasteiger partial charge on any atom is -0.670 e. The van der Waals surface area contributed by atoms with Gasteiger partial charge in [0.1, 0.15) is 0 Å². The van der Waals surface area contributed by atoms with Crippen LogP contribution in [0.2, 0.25) is 0 Å². The normalized spacial score (nSPS) is 4.67. The molecule has 0 bridgehead atoms. The third-order valence-corrected chi connectivity index (χ3v) is 0.455. The van der Waals surface area contributed by atoms with Crippen molar-refractivity contribution < 1.29 is 35.9 Å². The van der Waals surface area contributed by atoms with Gasteiger partial charge in [-0.15, -0.1) is 0 Å². The van der Waals surface area contributed by atoms with Gasteiger partial charge in [-0.05, 0) is 0 Å². The van der Waals surface area contributed by atoms with Gasteiger partial charge >= 0.3 is 35.9 Å². The summed E-state index contributed by atoms with van der Waals surface area (Å²) < 4.78 is 0. The number of nitrogens with zero attached hydrogens (tertiary/aromatic N) is 2. The van der Waals surface area contributed by atoms with Crippen molar-refractivity contribution in [2.24, 2.45) is 0 Å². The molecule has 0 amide bonds. The van der Waals surface area contributed by atoms with E-state index in [0.717, 1.165) is 0 Å². The Balaban J connectivity index is -0.0000000836. The minimum atomic E-state index is 0. The van der Waals surface area contributed by atoms with Crippen molar-refractivity contribution in [1.29, 1.82) is 5.26 Å². The Morgan fingerprint density at radius 2 is 1.44 bits per heavy atom. The molecule has 0 saturated heterocycles. The Kier molecular flexibility index (Phi) is 27.8. The summed E-state index contributed by atoms with van der Waals surface area (Å²) in [5, 5.41) is 6.25. The van der Waals surface area contributed by atoms with Crippen LogP contribution in [0.4, 0.5) is 0 Å². The van der Waals surface area contributed by atoms with Crippen LogP contribution in [0.5, 0.6) is 0 Å². The van der Waals surface area contributed by atoms with Crippen LogP contribution in [-0.4, -0.2) is 0 Å². The molecule has 1 aromatic heterocycles. The fourth-order valence-corrected chi connectivity index (χ4v) is 0.248. The zero-order chi connectivity index (χ0) is 5.54. The molecule has 0 atom stereocenters. The number of hydrogen-bond acceptors (Lipinski definition) is 1. The van der Waals surface area contributed by atoms with E-state index in [1.54, 1.807) is 12.4 Å². The quantitative estimate of drug-likeness (QED) is 0.319. The molecule has 0 fully saturated rings. The molecule has 0 aliphatic heterocycles. The van der Waals surface area contributed by atoms with Gasteiger partial charge in [0, 0.05) is 0 Å². The van der Waals surface area contributed by atoms with Gasteiger partial charge in [-0.3, -0.25) is 0 Å². The fraction of sp³-hybridized carbons (Fsp3) is 0. The summed E-state index contributed by atoms with van der Waals surface area (Å²) in [7, 11) is 0. The first-order valence-electron chi connectivity index (χ1n) is 1.74. The molecule has 0 aromatic carbocycles. The van der Waals surface area contributed by atoms with Crippen molar-refractivity contribution in [3.8, 4) is 0 Å². The Morgan fingerprint density at radius 1 is 1.11 bits per heavy atom. The summed E-state index contributed by atoms with van der Waals surface area (Å²) in [6.07, 6.45) is 3.50. The first-order valence-corrected chi connectivity index (χ1v) is 1.74. The smallest absolute Gasteiger partial charge is 0.670 e. The molecule has 46 valence electrons. The van der Waals surface area contributed by atoms with Crippen molar-refractivity contribution in [3.63, 3.8) is 0 Å². The van der Waals surface area contributed by atoms with Gasteiger partial charge in [0.2, 0.25) is 0 Å². The summed E-state index contributed by atoms with van der Waals surface area (Å²) in [4.78, 5) is 3.72. The monoisotopic (exact) mass is 162 g/mol. The largest absolute Gasteiger partial charge is 1.00 e. The Morgan fingerprint density at radius 3 is 1.56 bits per heavy atom. The maximum Gasteiger partial charge on any atom is 1.00 e. The van der Waals surface area contributed by atoms with E-state index in [2.05, 4.69) is 4.98 Å². The van der Waals surface area contributed by atoms with Gasteiger partial charge in [-0.1, -0.05) is 12.1 Å². The van der Waals surface area contributed by atoms with E-state index in [0.29, 0.717) is 0 Å². The molecule has 0 aliphatic rings. The third-order valence-electron chi connectivity index (χ3n) is 0.455. The Labute approximate surface area is 77.3 Å². The first kappa shape index (κ1) is 16.0. The zero-order valence-corrected chi connectivity index (χ0v) is 5.95. The Bertz CT molecular complexity index is 98.5. The molecule has 0 N–H and O–H groups in total. The minimum absolute atomic E-state index is 0. The molecule has 2 nitrogen and oxygen atoms in total. The van der Waals surface area contributed by atoms with E-state index < -0.39 is 0 Å². The summed E-state index contributed by atoms with van der Waals surface area (Å²) in [5.41, 5.74) is 0. The molecule has 0 saturated carbocycles. The second-order valence-electron chi connectivity index (χ2n) is 0.832. The molecule has 1 heterocycles. The molecular formula is C5H4CuLiN2. The fourth-order valence-electron chi connectivity index (χ4n) is 0.248. The topological polar surface area (TPSA) is 37.9 Å². The van der Waals surface area contributed by atoms with E-state index in [9.17, 15) is 0 Å². The molecule has 0 unspecified atom stereocenters. The van der Waals surface area contributed by atoms with Crippen molar-refractivity contribution in [1.82, 2.24) is 4.98 Å². The van der Waals surface area contributed by atoms with Crippen LogP contribution in [0.15, 0.2) is 24.5 Å². The van der Waals surface area contributed by atoms with Gasteiger partial charge in [-0.25, -0.2) is 0 Å². The van der Waals surface area contributed by atoms with Crippen molar-refractivity contribution in [3.05, 3.63) is 31.1 Å². The predicted octanol–water partition coefficient (Wildman–Crippen LogP) is -2.26. The summed E-state index contributed by atoms with van der Waals surface area (Å²) >= 11 is 0. The average Bonchev–Trinajstić information content (AvgIpc) is 2.23. The third kappa shape index (κ3) is 11.4. The molecule has 0 aliphatic carbocycles. The molecule has 1 rings (SSSR count). The van der Waals surface area contributed by atoms with Gasteiger partial charge in [0.15, 0.2) is 0 Å². The van der Waals surface area contributed by atoms with Gasteiger partial charge < -0.3 is 16.8 Å². The summed E-state index contributed by atoms with van der Waals surface area (Å²) in [6.45, 7) is 4.75. The molecular weight excluding hydrogens is 159 g/mol. The maximum atomic E-state index is 6.25. The number of hydrogen-bond donors (Lipinski definition) is 0. The van der Waals surface area contributed by atoms with Crippen LogP contribution in [0, 0.1) is 11.8 Å². The Hall–Kier alpha value is -0.113. The number of aromatic nitrogens is 1. The van der Waals surface area contributed by atoms with Gasteiger partial charge in [-0.2, -0.15) is 12.4 Å². The average molecular weight is 163 g/mol. The van der Waals surface area contributed by atoms with Gasteiger partial charge in [0.25, 0.3) is 0 Å². The summed E-state index contributed by atoms with van der Waals surface area (Å²) in [5.74, 6) is 0. The number of rotatable bonds is 0. The van der Waals surface area contributed by atoms with Gasteiger partial charge in [0.05, 0.1) is 0 Å². The molecule has 0 radical (unpaired) electrons. The van der Waals surface area contributed by atoms with E-state index in [1.807, 2.05) is 12.1 Å². The SMILES string of the molecule is [C-]#N.[Cu+].[Li+].c1cc[n-]c1. The van der Waals surface area contributed by atoms with Crippen LogP contribution in [0.25, 0.3) is 0 Å². The molecule has 4 heteroatoms. The van der Waals surface area contributed by atoms with Crippen molar-refractivity contribution in [2.75, 3.05) is 0 Å². The van der Waals surface area contributed by atoms with Crippen LogP contribution >= 0.6 is 0 Å². The van der Waals surface area contributed by atoms with E-state index in [-0.39, 0.29) is 35.9 Å². The zero-order valence-electron chi connectivity index (χ0n) is 5.01.